The molecule has 0 aliphatic rings. The Hall–Kier alpha value is -1.65. The summed E-state index contributed by atoms with van der Waals surface area (Å²) >= 11 is 0. The molecule has 0 amide bonds. The molecule has 2 rings (SSSR count). The number of nitrogens with zero attached hydrogens (tertiary/aromatic N) is 1. The quantitative estimate of drug-likeness (QED) is 0.588. The Morgan fingerprint density at radius 3 is 2.93 bits per heavy atom. The molecule has 4 nitrogen and oxygen atoms in total. The third kappa shape index (κ3) is 1.91. The van der Waals surface area contributed by atoms with Crippen molar-refractivity contribution in [3.63, 3.8) is 0 Å². The smallest absolute Gasteiger partial charge is 0.146 e. The Bertz CT molecular complexity index is 470. The number of methoxy groups -OCH3 is 1. The highest BCUT2D eigenvalue weighted by Crippen LogP contribution is 2.20. The summed E-state index contributed by atoms with van der Waals surface area (Å²) in [4.78, 5) is 4.40. The first-order valence-electron chi connectivity index (χ1n) is 4.69. The lowest BCUT2D eigenvalue weighted by Crippen LogP contribution is -2.11. The van der Waals surface area contributed by atoms with Crippen LogP contribution in [0.5, 0.6) is 0 Å². The molecule has 0 bridgehead atoms. The number of anilines is 1. The maximum absolute atomic E-state index is 5.40. The summed E-state index contributed by atoms with van der Waals surface area (Å²) in [6, 6.07) is 9.93. The number of pyridine rings is 1. The van der Waals surface area contributed by atoms with Crippen molar-refractivity contribution in [2.45, 2.75) is 6.61 Å². The van der Waals surface area contributed by atoms with E-state index in [0.29, 0.717) is 12.4 Å². The Morgan fingerprint density at radius 1 is 1.40 bits per heavy atom. The minimum absolute atomic E-state index is 0.497. The highest BCUT2D eigenvalue weighted by atomic mass is 16.5. The third-order valence-electron chi connectivity index (χ3n) is 2.24. The summed E-state index contributed by atoms with van der Waals surface area (Å²) in [6.07, 6.45) is 0. The zero-order valence-electron chi connectivity index (χ0n) is 8.53. The van der Waals surface area contributed by atoms with Gasteiger partial charge in [-0.1, -0.05) is 18.2 Å². The Kier molecular flexibility index (Phi) is 2.80. The largest absolute Gasteiger partial charge is 0.380 e. The predicted molar refractivity (Wildman–Crippen MR) is 60.3 cm³/mol. The Morgan fingerprint density at radius 2 is 2.20 bits per heavy atom. The summed E-state index contributed by atoms with van der Waals surface area (Å²) in [6.45, 7) is 0.497. The van der Waals surface area contributed by atoms with Gasteiger partial charge in [-0.3, -0.25) is 0 Å². The van der Waals surface area contributed by atoms with E-state index >= 15 is 0 Å². The second-order valence-electron chi connectivity index (χ2n) is 3.27. The molecule has 1 heterocycles. The molecular weight excluding hydrogens is 190 g/mol. The topological polar surface area (TPSA) is 60.2 Å². The van der Waals surface area contributed by atoms with Crippen LogP contribution in [0.1, 0.15) is 5.56 Å². The van der Waals surface area contributed by atoms with Gasteiger partial charge in [-0.25, -0.2) is 10.8 Å². The second-order valence-corrected chi connectivity index (χ2v) is 3.27. The monoisotopic (exact) mass is 203 g/mol. The fourth-order valence-electron chi connectivity index (χ4n) is 1.55. The number of nitrogen functional groups attached to an aromatic ring is 1. The number of para-hydroxylation sites is 1. The van der Waals surface area contributed by atoms with Crippen LogP contribution in [0.15, 0.2) is 30.3 Å². The number of nitrogens with one attached hydrogen (secondary N) is 1. The molecule has 0 unspecified atom stereocenters. The molecule has 0 aliphatic heterocycles. The number of ether oxygens (including phenoxy) is 1. The molecule has 0 radical (unpaired) electrons. The highest BCUT2D eigenvalue weighted by Gasteiger charge is 2.04. The molecule has 0 fully saturated rings. The molecule has 1 aromatic heterocycles. The SMILES string of the molecule is COCc1cc2ccccc2nc1NN. The zero-order valence-corrected chi connectivity index (χ0v) is 8.53. The van der Waals surface area contributed by atoms with Gasteiger partial charge in [0.2, 0.25) is 0 Å². The summed E-state index contributed by atoms with van der Waals surface area (Å²) in [5.41, 5.74) is 4.46. The summed E-state index contributed by atoms with van der Waals surface area (Å²) in [7, 11) is 1.65. The van der Waals surface area contributed by atoms with E-state index < -0.39 is 0 Å². The average Bonchev–Trinajstić information content (AvgIpc) is 2.28. The lowest BCUT2D eigenvalue weighted by molar-refractivity contribution is 0.185. The Labute approximate surface area is 88.0 Å². The lowest BCUT2D eigenvalue weighted by atomic mass is 10.1. The number of fused-ring (bicyclic) bond motifs is 1. The van der Waals surface area contributed by atoms with Crippen molar-refractivity contribution in [3.05, 3.63) is 35.9 Å². The molecule has 0 spiro atoms. The van der Waals surface area contributed by atoms with E-state index in [4.69, 9.17) is 10.6 Å². The summed E-state index contributed by atoms with van der Waals surface area (Å²) in [5, 5.41) is 1.09. The zero-order chi connectivity index (χ0) is 10.7. The van der Waals surface area contributed by atoms with Crippen LogP contribution in [0.4, 0.5) is 5.82 Å². The van der Waals surface area contributed by atoms with Crippen molar-refractivity contribution in [2.24, 2.45) is 5.84 Å². The molecule has 78 valence electrons. The molecule has 4 heteroatoms. The molecule has 0 atom stereocenters. The van der Waals surface area contributed by atoms with E-state index in [1.165, 1.54) is 0 Å². The van der Waals surface area contributed by atoms with Crippen molar-refractivity contribution < 1.29 is 4.74 Å². The lowest BCUT2D eigenvalue weighted by Gasteiger charge is -2.08. The number of benzene rings is 1. The second kappa shape index (κ2) is 4.25. The molecule has 3 N–H and O–H groups in total. The maximum atomic E-state index is 5.40. The van der Waals surface area contributed by atoms with E-state index in [0.717, 1.165) is 16.5 Å². The van der Waals surface area contributed by atoms with E-state index in [1.807, 2.05) is 30.3 Å². The standard InChI is InChI=1S/C11H13N3O/c1-15-7-9-6-8-4-2-3-5-10(8)13-11(9)14-12/h2-6H,7,12H2,1H3,(H,13,14). The molecular formula is C11H13N3O. The van der Waals surface area contributed by atoms with Crippen LogP contribution < -0.4 is 11.3 Å². The van der Waals surface area contributed by atoms with Crippen LogP contribution in [-0.2, 0) is 11.3 Å². The van der Waals surface area contributed by atoms with E-state index in [2.05, 4.69) is 10.4 Å². The van der Waals surface area contributed by atoms with Gasteiger partial charge in [-0.2, -0.15) is 0 Å². The number of hydrazine groups is 1. The van der Waals surface area contributed by atoms with Gasteiger partial charge in [0.15, 0.2) is 0 Å². The number of rotatable bonds is 3. The van der Waals surface area contributed by atoms with Gasteiger partial charge in [0.05, 0.1) is 12.1 Å². The Balaban J connectivity index is 2.58. The van der Waals surface area contributed by atoms with Crippen molar-refractivity contribution >= 4 is 16.7 Å². The number of hydrogen-bond acceptors (Lipinski definition) is 4. The first-order valence-corrected chi connectivity index (χ1v) is 4.69. The van der Waals surface area contributed by atoms with Gasteiger partial charge >= 0.3 is 0 Å². The molecule has 0 saturated heterocycles. The van der Waals surface area contributed by atoms with E-state index in [9.17, 15) is 0 Å². The van der Waals surface area contributed by atoms with Gasteiger partial charge < -0.3 is 10.2 Å². The van der Waals surface area contributed by atoms with Crippen LogP contribution >= 0.6 is 0 Å². The summed E-state index contributed by atoms with van der Waals surface area (Å²) < 4.78 is 5.08. The molecule has 0 aliphatic carbocycles. The van der Waals surface area contributed by atoms with Crippen molar-refractivity contribution in [1.29, 1.82) is 0 Å². The fraction of sp³-hybridized carbons (Fsp3) is 0.182. The first-order chi connectivity index (χ1) is 7.35. The van der Waals surface area contributed by atoms with E-state index in [1.54, 1.807) is 7.11 Å². The molecule has 1 aromatic carbocycles. The predicted octanol–water partition coefficient (Wildman–Crippen LogP) is 1.67. The molecule has 15 heavy (non-hydrogen) atoms. The van der Waals surface area contributed by atoms with Gasteiger partial charge in [0.25, 0.3) is 0 Å². The third-order valence-corrected chi connectivity index (χ3v) is 2.24. The van der Waals surface area contributed by atoms with Crippen LogP contribution in [0.2, 0.25) is 0 Å². The average molecular weight is 203 g/mol. The maximum Gasteiger partial charge on any atom is 0.146 e. The first kappa shape index (κ1) is 9.89. The van der Waals surface area contributed by atoms with Gasteiger partial charge in [0.1, 0.15) is 5.82 Å². The van der Waals surface area contributed by atoms with Crippen molar-refractivity contribution in [1.82, 2.24) is 4.98 Å². The normalized spacial score (nSPS) is 10.5. The minimum atomic E-state index is 0.497. The number of hydrogen-bond donors (Lipinski definition) is 2. The molecule has 2 aromatic rings. The van der Waals surface area contributed by atoms with Gasteiger partial charge in [-0.05, 0) is 12.1 Å². The summed E-state index contributed by atoms with van der Waals surface area (Å²) in [5.74, 6) is 6.07. The van der Waals surface area contributed by atoms with Gasteiger partial charge in [-0.15, -0.1) is 0 Å². The van der Waals surface area contributed by atoms with Crippen LogP contribution in [0.3, 0.4) is 0 Å². The number of nitrogens with two attached hydrogens (primary N) is 1. The van der Waals surface area contributed by atoms with Gasteiger partial charge in [0, 0.05) is 18.1 Å². The molecule has 0 saturated carbocycles. The van der Waals surface area contributed by atoms with Crippen molar-refractivity contribution in [3.8, 4) is 0 Å². The highest BCUT2D eigenvalue weighted by molar-refractivity contribution is 5.81. The van der Waals surface area contributed by atoms with E-state index in [-0.39, 0.29) is 0 Å². The number of aromatic nitrogens is 1. The van der Waals surface area contributed by atoms with Crippen LogP contribution in [0, 0.1) is 0 Å². The van der Waals surface area contributed by atoms with Crippen LogP contribution in [-0.4, -0.2) is 12.1 Å². The fourth-order valence-corrected chi connectivity index (χ4v) is 1.55. The van der Waals surface area contributed by atoms with Crippen LogP contribution in [0.25, 0.3) is 10.9 Å². The van der Waals surface area contributed by atoms with Crippen molar-refractivity contribution in [2.75, 3.05) is 12.5 Å². The minimum Gasteiger partial charge on any atom is -0.380 e.